The first-order chi connectivity index (χ1) is 18.1. The van der Waals surface area contributed by atoms with Crippen LogP contribution in [0.15, 0.2) is 60.7 Å². The molecule has 0 aromatic heterocycles. The minimum atomic E-state index is -4.84. The lowest BCUT2D eigenvalue weighted by atomic mass is 9.94. The van der Waals surface area contributed by atoms with Crippen LogP contribution in [0.25, 0.3) is 23.0 Å². The van der Waals surface area contributed by atoms with Gasteiger partial charge in [0.2, 0.25) is 0 Å². The van der Waals surface area contributed by atoms with Crippen molar-refractivity contribution in [3.05, 3.63) is 88.5 Å². The first-order valence-corrected chi connectivity index (χ1v) is 12.4. The second-order valence-electron chi connectivity index (χ2n) is 9.41. The smallest absolute Gasteiger partial charge is 0.417 e. The monoisotopic (exact) mass is 527 g/mol. The number of nitrogens with zero attached hydrogens (tertiary/aromatic N) is 1. The van der Waals surface area contributed by atoms with Gasteiger partial charge < -0.3 is 9.84 Å². The van der Waals surface area contributed by atoms with Crippen LogP contribution in [-0.2, 0) is 17.5 Å². The molecule has 0 saturated carbocycles. The quantitative estimate of drug-likeness (QED) is 0.254. The number of hydrogen-bond donors (Lipinski definition) is 1. The molecule has 1 fully saturated rings. The van der Waals surface area contributed by atoms with Crippen molar-refractivity contribution in [2.24, 2.45) is 0 Å². The molecule has 0 radical (unpaired) electrons. The Labute approximate surface area is 219 Å². The topological polar surface area (TPSA) is 49.8 Å². The Bertz CT molecular complexity index is 1340. The highest BCUT2D eigenvalue weighted by Crippen LogP contribution is 2.41. The van der Waals surface area contributed by atoms with E-state index in [1.165, 1.54) is 7.11 Å². The summed E-state index contributed by atoms with van der Waals surface area (Å²) in [6.07, 6.45) is -1.83. The molecule has 3 aromatic rings. The van der Waals surface area contributed by atoms with Gasteiger partial charge in [-0.1, -0.05) is 55.0 Å². The molecule has 200 valence electrons. The number of alkyl halides is 3. The third-order valence-corrected chi connectivity index (χ3v) is 7.00. The molecule has 0 amide bonds. The number of benzene rings is 3. The van der Waals surface area contributed by atoms with Gasteiger partial charge in [0, 0.05) is 17.7 Å². The van der Waals surface area contributed by atoms with Gasteiger partial charge in [-0.2, -0.15) is 13.2 Å². The van der Waals surface area contributed by atoms with Gasteiger partial charge in [0.1, 0.15) is 17.6 Å². The van der Waals surface area contributed by atoms with Gasteiger partial charge in [-0.05, 0) is 66.8 Å². The second kappa shape index (κ2) is 11.4. The minimum Gasteiger partial charge on any atom is -0.496 e. The predicted molar refractivity (Wildman–Crippen MR) is 139 cm³/mol. The van der Waals surface area contributed by atoms with Crippen molar-refractivity contribution in [2.75, 3.05) is 13.7 Å². The van der Waals surface area contributed by atoms with E-state index < -0.39 is 35.1 Å². The summed E-state index contributed by atoms with van der Waals surface area (Å²) in [4.78, 5) is 13.3. The number of carbonyl (C=O) groups is 1. The average molecular weight is 528 g/mol. The van der Waals surface area contributed by atoms with E-state index in [1.54, 1.807) is 24.0 Å². The molecule has 4 nitrogen and oxygen atoms in total. The van der Waals surface area contributed by atoms with Crippen LogP contribution in [0, 0.1) is 6.92 Å². The summed E-state index contributed by atoms with van der Waals surface area (Å²) in [6.45, 7) is 2.19. The van der Waals surface area contributed by atoms with Gasteiger partial charge in [0.15, 0.2) is 0 Å². The first kappa shape index (κ1) is 27.4. The van der Waals surface area contributed by atoms with Crippen molar-refractivity contribution < 1.29 is 32.2 Å². The number of halogens is 4. The number of carboxylic acid groups (broad SMARTS) is 1. The predicted octanol–water partition coefficient (Wildman–Crippen LogP) is 7.60. The van der Waals surface area contributed by atoms with E-state index in [-0.39, 0.29) is 17.9 Å². The number of rotatable bonds is 7. The van der Waals surface area contributed by atoms with Crippen molar-refractivity contribution >= 4 is 17.9 Å². The number of aliphatic carboxylic acids is 1. The maximum absolute atomic E-state index is 15.6. The maximum atomic E-state index is 15.6. The summed E-state index contributed by atoms with van der Waals surface area (Å²) in [6, 6.07) is 15.9. The average Bonchev–Trinajstić information content (AvgIpc) is 2.89. The third kappa shape index (κ3) is 5.91. The SMILES string of the molecule is COc1cc(C(F)=Cc2cccc(-c3ccccc3)c2C)c(C(F)(F)F)cc1CN1CCCCC1C(=O)O. The summed E-state index contributed by atoms with van der Waals surface area (Å²) in [7, 11) is 1.30. The Morgan fingerprint density at radius 3 is 2.50 bits per heavy atom. The molecule has 1 heterocycles. The molecule has 1 aliphatic heterocycles. The molecule has 1 N–H and O–H groups in total. The van der Waals surface area contributed by atoms with Crippen LogP contribution in [0.4, 0.5) is 17.6 Å². The molecule has 0 bridgehead atoms. The van der Waals surface area contributed by atoms with Crippen LogP contribution >= 0.6 is 0 Å². The van der Waals surface area contributed by atoms with E-state index in [4.69, 9.17) is 4.74 Å². The Hall–Kier alpha value is -3.65. The van der Waals surface area contributed by atoms with E-state index in [9.17, 15) is 23.1 Å². The normalized spacial score (nSPS) is 16.9. The summed E-state index contributed by atoms with van der Waals surface area (Å²) >= 11 is 0. The first-order valence-electron chi connectivity index (χ1n) is 12.4. The van der Waals surface area contributed by atoms with Crippen LogP contribution in [0.5, 0.6) is 5.75 Å². The fourth-order valence-electron chi connectivity index (χ4n) is 5.00. The number of ether oxygens (including phenoxy) is 1. The highest BCUT2D eigenvalue weighted by molar-refractivity contribution is 5.83. The summed E-state index contributed by atoms with van der Waals surface area (Å²) in [5.41, 5.74) is 1.35. The molecule has 1 atom stereocenters. The van der Waals surface area contributed by atoms with Gasteiger partial charge in [-0.25, -0.2) is 4.39 Å². The lowest BCUT2D eigenvalue weighted by molar-refractivity contribution is -0.145. The molecule has 4 rings (SSSR count). The van der Waals surface area contributed by atoms with Crippen LogP contribution in [0.2, 0.25) is 0 Å². The molecule has 1 aliphatic rings. The highest BCUT2D eigenvalue weighted by Gasteiger charge is 2.37. The van der Waals surface area contributed by atoms with Gasteiger partial charge in [-0.3, -0.25) is 9.69 Å². The second-order valence-corrected chi connectivity index (χ2v) is 9.41. The molecule has 1 unspecified atom stereocenters. The van der Waals surface area contributed by atoms with Gasteiger partial charge in [-0.15, -0.1) is 0 Å². The number of carboxylic acids is 1. The molecule has 1 saturated heterocycles. The molecule has 0 spiro atoms. The Morgan fingerprint density at radius 2 is 1.84 bits per heavy atom. The summed E-state index contributed by atoms with van der Waals surface area (Å²) < 4.78 is 63.5. The van der Waals surface area contributed by atoms with Crippen molar-refractivity contribution in [1.29, 1.82) is 0 Å². The van der Waals surface area contributed by atoms with Crippen LogP contribution < -0.4 is 4.74 Å². The zero-order valence-corrected chi connectivity index (χ0v) is 21.2. The summed E-state index contributed by atoms with van der Waals surface area (Å²) in [5.74, 6) is -1.99. The molecule has 0 aliphatic carbocycles. The Morgan fingerprint density at radius 1 is 1.11 bits per heavy atom. The van der Waals surface area contributed by atoms with Crippen LogP contribution in [-0.4, -0.2) is 35.7 Å². The fraction of sp³-hybridized carbons (Fsp3) is 0.300. The molecule has 38 heavy (non-hydrogen) atoms. The fourth-order valence-corrected chi connectivity index (χ4v) is 5.00. The molecular formula is C30H29F4NO3. The lowest BCUT2D eigenvalue weighted by Crippen LogP contribution is -2.44. The number of hydrogen-bond acceptors (Lipinski definition) is 3. The minimum absolute atomic E-state index is 0.0485. The van der Waals surface area contributed by atoms with Crippen molar-refractivity contribution in [3.63, 3.8) is 0 Å². The largest absolute Gasteiger partial charge is 0.496 e. The van der Waals surface area contributed by atoms with Gasteiger partial charge in [0.25, 0.3) is 0 Å². The van der Waals surface area contributed by atoms with Crippen LogP contribution in [0.3, 0.4) is 0 Å². The van der Waals surface area contributed by atoms with E-state index >= 15 is 4.39 Å². The van der Waals surface area contributed by atoms with Crippen LogP contribution in [0.1, 0.15) is 47.1 Å². The molecule has 8 heteroatoms. The zero-order valence-electron chi connectivity index (χ0n) is 21.2. The lowest BCUT2D eigenvalue weighted by Gasteiger charge is -2.33. The number of piperidine rings is 1. The van der Waals surface area contributed by atoms with E-state index in [2.05, 4.69) is 0 Å². The van der Waals surface area contributed by atoms with E-state index in [0.717, 1.165) is 47.7 Å². The standard InChI is InChI=1S/C30H29F4NO3/c1-19-21(11-8-12-23(19)20-9-4-3-5-10-20)16-26(31)24-17-28(38-2)22(15-25(24)30(32,33)34)18-35-14-7-6-13-27(35)29(36)37/h3-5,8-12,15-17,27H,6-7,13-14,18H2,1-2H3,(H,36,37). The highest BCUT2D eigenvalue weighted by atomic mass is 19.4. The van der Waals surface area contributed by atoms with Gasteiger partial charge >= 0.3 is 12.1 Å². The number of likely N-dealkylation sites (tertiary alicyclic amines) is 1. The number of methoxy groups -OCH3 is 1. The Kier molecular flexibility index (Phi) is 8.21. The third-order valence-electron chi connectivity index (χ3n) is 7.00. The zero-order chi connectivity index (χ0) is 27.4. The van der Waals surface area contributed by atoms with Gasteiger partial charge in [0.05, 0.1) is 12.7 Å². The molecule has 3 aromatic carbocycles. The maximum Gasteiger partial charge on any atom is 0.417 e. The van der Waals surface area contributed by atoms with Crippen molar-refractivity contribution in [1.82, 2.24) is 4.90 Å². The van der Waals surface area contributed by atoms with E-state index in [1.807, 2.05) is 36.4 Å². The summed E-state index contributed by atoms with van der Waals surface area (Å²) in [5, 5.41) is 9.56. The van der Waals surface area contributed by atoms with Crippen molar-refractivity contribution in [2.45, 2.75) is 44.9 Å². The molecular weight excluding hydrogens is 498 g/mol. The van der Waals surface area contributed by atoms with E-state index in [0.29, 0.717) is 18.5 Å². The van der Waals surface area contributed by atoms with Crippen molar-refractivity contribution in [3.8, 4) is 16.9 Å². The Balaban J connectivity index is 1.76.